The van der Waals surface area contributed by atoms with E-state index in [1.165, 1.54) is 12.1 Å². The van der Waals surface area contributed by atoms with Crippen LogP contribution >= 0.6 is 69.6 Å². The molecule has 0 atom stereocenters. The average Bonchev–Trinajstić information content (AvgIpc) is 2.49. The fraction of sp³-hybridized carbons (Fsp3) is 0.200. The van der Waals surface area contributed by atoms with E-state index >= 15 is 0 Å². The Kier molecular flexibility index (Phi) is 5.47. The highest BCUT2D eigenvalue weighted by Gasteiger charge is 2.32. The molecule has 0 fully saturated rings. The number of hydrogen-bond acceptors (Lipinski definition) is 2. The van der Waals surface area contributed by atoms with Crippen molar-refractivity contribution in [3.8, 4) is 11.5 Å². The molecule has 0 heterocycles. The van der Waals surface area contributed by atoms with Crippen LogP contribution in [0.15, 0.2) is 12.1 Å². The molecule has 0 aliphatic carbocycles. The molecule has 0 unspecified atom stereocenters. The molecule has 0 radical (unpaired) electrons. The van der Waals surface area contributed by atoms with Gasteiger partial charge in [0, 0.05) is 5.41 Å². The maximum Gasteiger partial charge on any atom is 0.154 e. The summed E-state index contributed by atoms with van der Waals surface area (Å²) >= 11 is 36.5. The standard InChI is InChI=1S/C15H10Cl6O2/c1-15(2,5-3-7(16)13(22)11(20)9(5)18)6-4-8(17)14(23)12(21)10(6)19/h3-4,22-23H,1-2H3. The molecule has 0 spiro atoms. The van der Waals surface area contributed by atoms with Gasteiger partial charge in [0.25, 0.3) is 0 Å². The van der Waals surface area contributed by atoms with Gasteiger partial charge in [-0.05, 0) is 23.3 Å². The van der Waals surface area contributed by atoms with Crippen molar-refractivity contribution in [1.82, 2.24) is 0 Å². The summed E-state index contributed by atoms with van der Waals surface area (Å²) in [5.74, 6) is -0.600. The van der Waals surface area contributed by atoms with E-state index < -0.39 is 5.41 Å². The van der Waals surface area contributed by atoms with E-state index in [2.05, 4.69) is 0 Å². The monoisotopic (exact) mass is 432 g/mol. The third-order valence-corrected chi connectivity index (χ3v) is 5.91. The van der Waals surface area contributed by atoms with Crippen LogP contribution in [0.5, 0.6) is 11.5 Å². The van der Waals surface area contributed by atoms with Crippen molar-refractivity contribution in [1.29, 1.82) is 0 Å². The highest BCUT2D eigenvalue weighted by molar-refractivity contribution is 6.46. The van der Waals surface area contributed by atoms with Gasteiger partial charge in [-0.25, -0.2) is 0 Å². The zero-order chi connectivity index (χ0) is 17.7. The summed E-state index contributed by atoms with van der Waals surface area (Å²) in [6.07, 6.45) is 0. The lowest BCUT2D eigenvalue weighted by Gasteiger charge is -2.29. The SMILES string of the molecule is CC(C)(c1cc(Cl)c(O)c(Cl)c1Cl)c1cc(Cl)c(O)c(Cl)c1Cl. The lowest BCUT2D eigenvalue weighted by Crippen LogP contribution is -2.20. The van der Waals surface area contributed by atoms with Crippen LogP contribution in [0.25, 0.3) is 0 Å². The van der Waals surface area contributed by atoms with Gasteiger partial charge in [-0.3, -0.25) is 0 Å². The lowest BCUT2D eigenvalue weighted by atomic mass is 9.78. The van der Waals surface area contributed by atoms with E-state index in [4.69, 9.17) is 69.6 Å². The summed E-state index contributed by atoms with van der Waals surface area (Å²) in [7, 11) is 0. The van der Waals surface area contributed by atoms with E-state index in [0.29, 0.717) is 11.1 Å². The van der Waals surface area contributed by atoms with Crippen LogP contribution in [-0.4, -0.2) is 10.2 Å². The van der Waals surface area contributed by atoms with Gasteiger partial charge in [0.05, 0.1) is 20.1 Å². The van der Waals surface area contributed by atoms with Crippen LogP contribution in [0.4, 0.5) is 0 Å². The van der Waals surface area contributed by atoms with E-state index in [1.807, 2.05) is 13.8 Å². The van der Waals surface area contributed by atoms with Crippen LogP contribution in [-0.2, 0) is 5.41 Å². The Morgan fingerprint density at radius 2 is 0.957 bits per heavy atom. The Morgan fingerprint density at radius 1 is 0.652 bits per heavy atom. The quantitative estimate of drug-likeness (QED) is 0.485. The molecule has 23 heavy (non-hydrogen) atoms. The first-order valence-corrected chi connectivity index (χ1v) is 8.50. The van der Waals surface area contributed by atoms with Gasteiger partial charge in [-0.15, -0.1) is 0 Å². The minimum atomic E-state index is -0.809. The van der Waals surface area contributed by atoms with Gasteiger partial charge in [-0.2, -0.15) is 0 Å². The lowest BCUT2D eigenvalue weighted by molar-refractivity contribution is 0.474. The van der Waals surface area contributed by atoms with E-state index in [9.17, 15) is 10.2 Å². The summed E-state index contributed by atoms with van der Waals surface area (Å²) < 4.78 is 0. The second-order valence-corrected chi connectivity index (χ2v) is 7.72. The Labute approximate surface area is 163 Å². The second kappa shape index (κ2) is 6.59. The highest BCUT2D eigenvalue weighted by Crippen LogP contribution is 2.50. The third kappa shape index (κ3) is 3.18. The van der Waals surface area contributed by atoms with Gasteiger partial charge in [0.15, 0.2) is 11.5 Å². The van der Waals surface area contributed by atoms with Crippen molar-refractivity contribution in [2.75, 3.05) is 0 Å². The summed E-state index contributed by atoms with van der Waals surface area (Å²) in [6.45, 7) is 3.62. The topological polar surface area (TPSA) is 40.5 Å². The van der Waals surface area contributed by atoms with E-state index in [0.717, 1.165) is 0 Å². The number of aromatic hydroxyl groups is 2. The minimum Gasteiger partial charge on any atom is -0.505 e. The number of hydrogen-bond donors (Lipinski definition) is 2. The smallest absolute Gasteiger partial charge is 0.154 e. The number of phenols is 2. The van der Waals surface area contributed by atoms with Crippen LogP contribution in [0, 0.1) is 0 Å². The van der Waals surface area contributed by atoms with E-state index in [1.54, 1.807) is 0 Å². The van der Waals surface area contributed by atoms with Crippen LogP contribution < -0.4 is 0 Å². The molecule has 2 nitrogen and oxygen atoms in total. The molecule has 0 aromatic heterocycles. The van der Waals surface area contributed by atoms with Gasteiger partial charge in [0.1, 0.15) is 10.0 Å². The Morgan fingerprint density at radius 3 is 1.26 bits per heavy atom. The molecule has 124 valence electrons. The summed E-state index contributed by atoms with van der Waals surface area (Å²) in [5.41, 5.74) is 0.231. The number of rotatable bonds is 2. The maximum absolute atomic E-state index is 9.78. The van der Waals surface area contributed by atoms with Gasteiger partial charge in [-0.1, -0.05) is 83.5 Å². The molecule has 0 amide bonds. The summed E-state index contributed by atoms with van der Waals surface area (Å²) in [5, 5.41) is 19.8. The fourth-order valence-corrected chi connectivity index (χ4v) is 3.90. The number of benzene rings is 2. The second-order valence-electron chi connectivity index (χ2n) is 5.39. The van der Waals surface area contributed by atoms with E-state index in [-0.39, 0.29) is 41.6 Å². The van der Waals surface area contributed by atoms with Crippen LogP contribution in [0.1, 0.15) is 25.0 Å². The zero-order valence-electron chi connectivity index (χ0n) is 11.8. The molecule has 2 rings (SSSR count). The maximum atomic E-state index is 9.78. The molecular formula is C15H10Cl6O2. The molecule has 2 aromatic carbocycles. The Bertz CT molecular complexity index is 736. The average molecular weight is 435 g/mol. The van der Waals surface area contributed by atoms with Crippen molar-refractivity contribution in [3.63, 3.8) is 0 Å². The molecule has 2 aromatic rings. The Balaban J connectivity index is 2.79. The largest absolute Gasteiger partial charge is 0.505 e. The molecule has 2 N–H and O–H groups in total. The predicted molar refractivity (Wildman–Crippen MR) is 98.4 cm³/mol. The molecule has 0 saturated carbocycles. The molecule has 8 heteroatoms. The molecule has 0 aliphatic heterocycles. The highest BCUT2D eigenvalue weighted by atomic mass is 35.5. The predicted octanol–water partition coefficient (Wildman–Crippen LogP) is 7.34. The van der Waals surface area contributed by atoms with Crippen LogP contribution in [0.2, 0.25) is 30.1 Å². The van der Waals surface area contributed by atoms with Crippen molar-refractivity contribution < 1.29 is 10.2 Å². The van der Waals surface area contributed by atoms with Crippen molar-refractivity contribution >= 4 is 69.6 Å². The molecule has 0 saturated heterocycles. The molecular weight excluding hydrogens is 425 g/mol. The van der Waals surface area contributed by atoms with Gasteiger partial charge < -0.3 is 10.2 Å². The molecule has 0 aliphatic rings. The first-order chi connectivity index (χ1) is 10.5. The number of halogens is 6. The van der Waals surface area contributed by atoms with Gasteiger partial charge in [0.2, 0.25) is 0 Å². The van der Waals surface area contributed by atoms with Gasteiger partial charge >= 0.3 is 0 Å². The fourth-order valence-electron chi connectivity index (χ4n) is 2.23. The first kappa shape index (κ1) is 19.1. The summed E-state index contributed by atoms with van der Waals surface area (Å²) in [6, 6.07) is 2.99. The van der Waals surface area contributed by atoms with Crippen LogP contribution in [0.3, 0.4) is 0 Å². The van der Waals surface area contributed by atoms with Crippen molar-refractivity contribution in [3.05, 3.63) is 53.4 Å². The van der Waals surface area contributed by atoms with Crippen molar-refractivity contribution in [2.24, 2.45) is 0 Å². The first-order valence-electron chi connectivity index (χ1n) is 6.24. The molecule has 0 bridgehead atoms. The summed E-state index contributed by atoms with van der Waals surface area (Å²) in [4.78, 5) is 0. The third-order valence-electron chi connectivity index (χ3n) is 3.62. The Hall–Kier alpha value is -0.220. The number of phenolic OH excluding ortho intramolecular Hbond substituents is 2. The minimum absolute atomic E-state index is 0.0505. The zero-order valence-corrected chi connectivity index (χ0v) is 16.4. The van der Waals surface area contributed by atoms with Crippen molar-refractivity contribution in [2.45, 2.75) is 19.3 Å². The normalized spacial score (nSPS) is 11.8.